The minimum absolute atomic E-state index is 0.164. The highest BCUT2D eigenvalue weighted by atomic mass is 16.5. The molecule has 0 saturated carbocycles. The highest BCUT2D eigenvalue weighted by Crippen LogP contribution is 2.43. The van der Waals surface area contributed by atoms with Gasteiger partial charge in [0.1, 0.15) is 28.9 Å². The largest absolute Gasteiger partial charge is 0.494 e. The van der Waals surface area contributed by atoms with Gasteiger partial charge in [-0.15, -0.1) is 0 Å². The number of hydrogen-bond donors (Lipinski definition) is 1. The molecule has 2 aromatic carbocycles. The van der Waals surface area contributed by atoms with E-state index in [2.05, 4.69) is 24.1 Å². The molecule has 2 aliphatic heterocycles. The normalized spacial score (nSPS) is 19.7. The van der Waals surface area contributed by atoms with Crippen molar-refractivity contribution in [3.63, 3.8) is 0 Å². The summed E-state index contributed by atoms with van der Waals surface area (Å²) in [4.78, 5) is 2.22. The second-order valence-electron chi connectivity index (χ2n) is 8.13. The summed E-state index contributed by atoms with van der Waals surface area (Å²) in [6.45, 7) is 6.57. The zero-order valence-corrected chi connectivity index (χ0v) is 19.3. The standard InChI is InChI=1S/C27H29N3O3/c1-4-31-21-10-6-18(7-11-21)14-20-16-30(3)17-24-25(23(15-28)27(29)33-26(20)24)19-8-12-22(13-9-19)32-5-2/h6-14,25H,4-5,16-17,29H2,1-3H3/b20-14+/t25-/m0/s1. The Kier molecular flexibility index (Phi) is 6.71. The summed E-state index contributed by atoms with van der Waals surface area (Å²) in [6, 6.07) is 18.1. The van der Waals surface area contributed by atoms with Crippen molar-refractivity contribution in [3.05, 3.63) is 88.0 Å². The quantitative estimate of drug-likeness (QED) is 0.704. The van der Waals surface area contributed by atoms with Gasteiger partial charge in [0, 0.05) is 18.7 Å². The molecular weight excluding hydrogens is 414 g/mol. The first-order valence-corrected chi connectivity index (χ1v) is 11.2. The van der Waals surface area contributed by atoms with Crippen LogP contribution in [0.4, 0.5) is 0 Å². The molecule has 33 heavy (non-hydrogen) atoms. The minimum Gasteiger partial charge on any atom is -0.494 e. The zero-order chi connectivity index (χ0) is 23.4. The Morgan fingerprint density at radius 2 is 1.64 bits per heavy atom. The van der Waals surface area contributed by atoms with Gasteiger partial charge in [-0.3, -0.25) is 4.90 Å². The maximum absolute atomic E-state index is 9.90. The van der Waals surface area contributed by atoms with Gasteiger partial charge in [-0.1, -0.05) is 24.3 Å². The Morgan fingerprint density at radius 1 is 1.03 bits per heavy atom. The lowest BCUT2D eigenvalue weighted by Gasteiger charge is -2.36. The molecule has 2 heterocycles. The van der Waals surface area contributed by atoms with E-state index in [1.165, 1.54) is 0 Å². The number of benzene rings is 2. The van der Waals surface area contributed by atoms with E-state index >= 15 is 0 Å². The van der Waals surface area contributed by atoms with Gasteiger partial charge in [-0.25, -0.2) is 0 Å². The van der Waals surface area contributed by atoms with Crippen molar-refractivity contribution in [1.29, 1.82) is 5.26 Å². The van der Waals surface area contributed by atoms with Gasteiger partial charge in [0.25, 0.3) is 0 Å². The van der Waals surface area contributed by atoms with Gasteiger partial charge in [0.2, 0.25) is 5.88 Å². The van der Waals surface area contributed by atoms with Crippen LogP contribution in [0.3, 0.4) is 0 Å². The smallest absolute Gasteiger partial charge is 0.205 e. The van der Waals surface area contributed by atoms with E-state index in [0.717, 1.165) is 46.1 Å². The first-order valence-electron chi connectivity index (χ1n) is 11.2. The lowest BCUT2D eigenvalue weighted by molar-refractivity contribution is 0.251. The molecule has 0 aromatic heterocycles. The van der Waals surface area contributed by atoms with Crippen LogP contribution in [0, 0.1) is 11.3 Å². The summed E-state index contributed by atoms with van der Waals surface area (Å²) in [5.74, 6) is 2.31. The fraction of sp³-hybridized carbons (Fsp3) is 0.296. The lowest BCUT2D eigenvalue weighted by Crippen LogP contribution is -2.35. The number of ether oxygens (including phenoxy) is 3. The number of nitrogens with two attached hydrogens (primary N) is 1. The second-order valence-corrected chi connectivity index (χ2v) is 8.13. The number of rotatable bonds is 6. The molecular formula is C27H29N3O3. The molecule has 0 bridgehead atoms. The molecule has 0 amide bonds. The predicted molar refractivity (Wildman–Crippen MR) is 128 cm³/mol. The molecule has 2 aliphatic rings. The third-order valence-corrected chi connectivity index (χ3v) is 5.76. The summed E-state index contributed by atoms with van der Waals surface area (Å²) in [6.07, 6.45) is 2.11. The Labute approximate surface area is 195 Å². The third-order valence-electron chi connectivity index (χ3n) is 5.76. The van der Waals surface area contributed by atoms with Crippen LogP contribution in [-0.2, 0) is 4.74 Å². The van der Waals surface area contributed by atoms with Crippen molar-refractivity contribution in [3.8, 4) is 17.6 Å². The monoisotopic (exact) mass is 443 g/mol. The molecule has 6 heteroatoms. The van der Waals surface area contributed by atoms with Crippen LogP contribution >= 0.6 is 0 Å². The van der Waals surface area contributed by atoms with Crippen molar-refractivity contribution in [2.75, 3.05) is 33.4 Å². The molecule has 0 saturated heterocycles. The zero-order valence-electron chi connectivity index (χ0n) is 19.3. The van der Waals surface area contributed by atoms with E-state index in [-0.39, 0.29) is 11.8 Å². The lowest BCUT2D eigenvalue weighted by atomic mass is 9.80. The Bertz CT molecular complexity index is 1140. The summed E-state index contributed by atoms with van der Waals surface area (Å²) in [5.41, 5.74) is 10.8. The van der Waals surface area contributed by atoms with E-state index in [1.807, 2.05) is 62.4 Å². The summed E-state index contributed by atoms with van der Waals surface area (Å²) >= 11 is 0. The van der Waals surface area contributed by atoms with Gasteiger partial charge < -0.3 is 19.9 Å². The molecule has 1 atom stereocenters. The molecule has 2 aromatic rings. The Morgan fingerprint density at radius 3 is 2.21 bits per heavy atom. The molecule has 0 fully saturated rings. The van der Waals surface area contributed by atoms with Crippen molar-refractivity contribution in [2.45, 2.75) is 19.8 Å². The van der Waals surface area contributed by atoms with Crippen molar-refractivity contribution >= 4 is 6.08 Å². The summed E-state index contributed by atoms with van der Waals surface area (Å²) in [7, 11) is 2.07. The molecule has 4 rings (SSSR count). The van der Waals surface area contributed by atoms with Crippen LogP contribution in [0.15, 0.2) is 76.9 Å². The van der Waals surface area contributed by atoms with Crippen molar-refractivity contribution < 1.29 is 14.2 Å². The molecule has 0 unspecified atom stereocenters. The van der Waals surface area contributed by atoms with Gasteiger partial charge in [0.15, 0.2) is 0 Å². The second kappa shape index (κ2) is 9.85. The van der Waals surface area contributed by atoms with Crippen LogP contribution in [0.2, 0.25) is 0 Å². The molecule has 0 aliphatic carbocycles. The van der Waals surface area contributed by atoms with E-state index < -0.39 is 0 Å². The highest BCUT2D eigenvalue weighted by molar-refractivity contribution is 5.63. The first-order chi connectivity index (χ1) is 16.0. The number of nitrogens with zero attached hydrogens (tertiary/aromatic N) is 2. The Hall–Kier alpha value is -3.69. The van der Waals surface area contributed by atoms with Gasteiger partial charge >= 0.3 is 0 Å². The average molecular weight is 444 g/mol. The Balaban J connectivity index is 1.76. The van der Waals surface area contributed by atoms with Crippen LogP contribution in [0.5, 0.6) is 11.5 Å². The van der Waals surface area contributed by atoms with Crippen LogP contribution in [0.1, 0.15) is 30.9 Å². The number of allylic oxidation sites excluding steroid dienone is 1. The molecule has 0 radical (unpaired) electrons. The molecule has 170 valence electrons. The van der Waals surface area contributed by atoms with Gasteiger partial charge in [0.05, 0.1) is 19.1 Å². The summed E-state index contributed by atoms with van der Waals surface area (Å²) < 4.78 is 17.2. The summed E-state index contributed by atoms with van der Waals surface area (Å²) in [5, 5.41) is 9.90. The van der Waals surface area contributed by atoms with Crippen LogP contribution < -0.4 is 15.2 Å². The number of likely N-dealkylation sites (N-methyl/N-ethyl adjacent to an activating group) is 1. The van der Waals surface area contributed by atoms with Crippen LogP contribution in [-0.4, -0.2) is 38.3 Å². The SMILES string of the molecule is CCOc1ccc(/C=C2\CN(C)CC3=C2OC(N)=C(C#N)[C@@H]3c2ccc(OCC)cc2)cc1. The van der Waals surface area contributed by atoms with Crippen LogP contribution in [0.25, 0.3) is 6.08 Å². The molecule has 2 N–H and O–H groups in total. The number of hydrogen-bond acceptors (Lipinski definition) is 6. The fourth-order valence-corrected chi connectivity index (χ4v) is 4.37. The predicted octanol–water partition coefficient (Wildman–Crippen LogP) is 4.57. The van der Waals surface area contributed by atoms with Crippen molar-refractivity contribution in [2.24, 2.45) is 5.73 Å². The average Bonchev–Trinajstić information content (AvgIpc) is 2.81. The minimum atomic E-state index is -0.263. The maximum Gasteiger partial charge on any atom is 0.205 e. The van der Waals surface area contributed by atoms with E-state index in [1.54, 1.807) is 0 Å². The van der Waals surface area contributed by atoms with E-state index in [4.69, 9.17) is 19.9 Å². The molecule has 0 spiro atoms. The van der Waals surface area contributed by atoms with Gasteiger partial charge in [-0.2, -0.15) is 5.26 Å². The van der Waals surface area contributed by atoms with E-state index in [0.29, 0.717) is 25.3 Å². The third kappa shape index (κ3) is 4.74. The maximum atomic E-state index is 9.90. The van der Waals surface area contributed by atoms with Crippen molar-refractivity contribution in [1.82, 2.24) is 4.90 Å². The highest BCUT2D eigenvalue weighted by Gasteiger charge is 2.37. The number of nitriles is 1. The molecule has 6 nitrogen and oxygen atoms in total. The first kappa shape index (κ1) is 22.5. The topological polar surface area (TPSA) is 80.7 Å². The van der Waals surface area contributed by atoms with Gasteiger partial charge in [-0.05, 0) is 67.9 Å². The van der Waals surface area contributed by atoms with E-state index in [9.17, 15) is 5.26 Å². The fourth-order valence-electron chi connectivity index (χ4n) is 4.37.